The number of nitrogens with zero attached hydrogens (tertiary/aromatic N) is 2. The smallest absolute Gasteiger partial charge is 0.157 e. The molecule has 0 spiro atoms. The number of hydrogen-bond acceptors (Lipinski definition) is 7. The molecular formula is C46H83N5O2. The Morgan fingerprint density at radius 2 is 0.830 bits per heavy atom. The van der Waals surface area contributed by atoms with E-state index in [1.165, 1.54) is 116 Å². The van der Waals surface area contributed by atoms with E-state index in [4.69, 9.17) is 9.98 Å². The molecule has 0 radical (unpaired) electrons. The van der Waals surface area contributed by atoms with Crippen molar-refractivity contribution in [2.24, 2.45) is 9.98 Å². The van der Waals surface area contributed by atoms with Crippen LogP contribution >= 0.6 is 0 Å². The summed E-state index contributed by atoms with van der Waals surface area (Å²) in [4.78, 5) is 36.9. The molecule has 304 valence electrons. The summed E-state index contributed by atoms with van der Waals surface area (Å²) >= 11 is 0. The number of aliphatic imine (C=N–C) groups is 2. The molecule has 0 aliphatic carbocycles. The van der Waals surface area contributed by atoms with E-state index in [1.54, 1.807) is 0 Å². The standard InChI is InChI=1S/C46H83N5O2/c1-3-5-7-9-11-13-15-17-19-21-23-25-27-29-31-35-41(52)43(45-47-37-33-38-48-45)51-44(46-49-39-34-40-50-46)42(53)36-32-30-28-26-24-22-20-18-16-14-12-10-8-6-4-2/h17-20,43-44,51H,3-16,21-40H2,1-2H3,(H,47,48)(H,49,50). The number of nitrogens with one attached hydrogen (secondary N) is 3. The van der Waals surface area contributed by atoms with Crippen molar-refractivity contribution in [2.45, 2.75) is 219 Å². The molecule has 0 aromatic rings. The fraction of sp³-hybridized carbons (Fsp3) is 0.826. The highest BCUT2D eigenvalue weighted by Crippen LogP contribution is 2.15. The van der Waals surface area contributed by atoms with Crippen LogP contribution in [0.2, 0.25) is 0 Å². The maximum Gasteiger partial charge on any atom is 0.157 e. The predicted molar refractivity (Wildman–Crippen MR) is 229 cm³/mol. The Bertz CT molecular complexity index is 955. The highest BCUT2D eigenvalue weighted by molar-refractivity contribution is 6.12. The Labute approximate surface area is 327 Å². The van der Waals surface area contributed by atoms with Crippen LogP contribution in [0, 0.1) is 0 Å². The maximum absolute atomic E-state index is 13.8. The molecule has 0 saturated carbocycles. The lowest BCUT2D eigenvalue weighted by Gasteiger charge is -2.29. The molecule has 7 nitrogen and oxygen atoms in total. The summed E-state index contributed by atoms with van der Waals surface area (Å²) in [5.74, 6) is 1.66. The van der Waals surface area contributed by atoms with Gasteiger partial charge in [0.2, 0.25) is 0 Å². The molecule has 0 saturated heterocycles. The van der Waals surface area contributed by atoms with Crippen molar-refractivity contribution in [1.82, 2.24) is 16.0 Å². The molecule has 2 aliphatic rings. The third kappa shape index (κ3) is 24.7. The van der Waals surface area contributed by atoms with Gasteiger partial charge in [0.25, 0.3) is 0 Å². The average Bonchev–Trinajstić information content (AvgIpc) is 3.18. The highest BCUT2D eigenvalue weighted by atomic mass is 16.1. The summed E-state index contributed by atoms with van der Waals surface area (Å²) < 4.78 is 0. The van der Waals surface area contributed by atoms with Crippen LogP contribution in [0.25, 0.3) is 0 Å². The van der Waals surface area contributed by atoms with Crippen molar-refractivity contribution in [3.63, 3.8) is 0 Å². The van der Waals surface area contributed by atoms with Crippen molar-refractivity contribution >= 4 is 23.2 Å². The Hall–Kier alpha value is -2.28. The van der Waals surface area contributed by atoms with Gasteiger partial charge in [0, 0.05) is 39.0 Å². The van der Waals surface area contributed by atoms with Crippen molar-refractivity contribution < 1.29 is 9.59 Å². The van der Waals surface area contributed by atoms with E-state index in [2.05, 4.69) is 54.1 Å². The van der Waals surface area contributed by atoms with Crippen molar-refractivity contribution in [1.29, 1.82) is 0 Å². The fourth-order valence-electron chi connectivity index (χ4n) is 7.33. The summed E-state index contributed by atoms with van der Waals surface area (Å²) in [5, 5.41) is 10.3. The minimum Gasteiger partial charge on any atom is -0.372 e. The van der Waals surface area contributed by atoms with Gasteiger partial charge in [-0.1, -0.05) is 141 Å². The summed E-state index contributed by atoms with van der Waals surface area (Å²) in [6.07, 6.45) is 44.6. The second-order valence-electron chi connectivity index (χ2n) is 15.7. The first-order valence-corrected chi connectivity index (χ1v) is 22.8. The molecule has 0 amide bonds. The maximum atomic E-state index is 13.8. The molecule has 2 atom stereocenters. The van der Waals surface area contributed by atoms with Gasteiger partial charge in [-0.05, 0) is 77.0 Å². The largest absolute Gasteiger partial charge is 0.372 e. The van der Waals surface area contributed by atoms with Crippen molar-refractivity contribution in [3.8, 4) is 0 Å². The zero-order valence-corrected chi connectivity index (χ0v) is 34.7. The van der Waals surface area contributed by atoms with E-state index in [0.29, 0.717) is 37.6 Å². The van der Waals surface area contributed by atoms with E-state index < -0.39 is 12.1 Å². The van der Waals surface area contributed by atoms with Gasteiger partial charge in [-0.25, -0.2) is 0 Å². The van der Waals surface area contributed by atoms with Crippen LogP contribution in [0.15, 0.2) is 34.3 Å². The predicted octanol–water partition coefficient (Wildman–Crippen LogP) is 11.3. The second-order valence-corrected chi connectivity index (χ2v) is 15.7. The van der Waals surface area contributed by atoms with Crippen LogP contribution in [0.5, 0.6) is 0 Å². The Kier molecular flexibility index (Phi) is 30.3. The summed E-state index contributed by atoms with van der Waals surface area (Å²) in [5.41, 5.74) is 0. The van der Waals surface area contributed by atoms with Crippen LogP contribution in [0.1, 0.15) is 206 Å². The number of ketones is 2. The van der Waals surface area contributed by atoms with Gasteiger partial charge < -0.3 is 10.6 Å². The van der Waals surface area contributed by atoms with Crippen LogP contribution in [-0.4, -0.2) is 61.5 Å². The van der Waals surface area contributed by atoms with Gasteiger partial charge in [0.15, 0.2) is 11.6 Å². The van der Waals surface area contributed by atoms with Gasteiger partial charge in [0.05, 0.1) is 0 Å². The summed E-state index contributed by atoms with van der Waals surface area (Å²) in [7, 11) is 0. The van der Waals surface area contributed by atoms with Crippen LogP contribution in [0.4, 0.5) is 0 Å². The van der Waals surface area contributed by atoms with Gasteiger partial charge >= 0.3 is 0 Å². The molecule has 2 heterocycles. The number of allylic oxidation sites excluding steroid dienone is 4. The van der Waals surface area contributed by atoms with Crippen LogP contribution < -0.4 is 16.0 Å². The number of carbonyl (C=O) groups is 2. The molecule has 2 rings (SSSR count). The first kappa shape index (κ1) is 46.9. The van der Waals surface area contributed by atoms with Crippen molar-refractivity contribution in [3.05, 3.63) is 24.3 Å². The third-order valence-corrected chi connectivity index (χ3v) is 10.7. The highest BCUT2D eigenvalue weighted by Gasteiger charge is 2.33. The summed E-state index contributed by atoms with van der Waals surface area (Å²) in [6.45, 7) is 7.60. The number of rotatable bonds is 36. The lowest BCUT2D eigenvalue weighted by molar-refractivity contribution is -0.121. The molecule has 0 fully saturated rings. The molecular weight excluding hydrogens is 655 g/mol. The molecule has 3 N–H and O–H groups in total. The molecule has 0 aromatic heterocycles. The molecule has 2 unspecified atom stereocenters. The van der Waals surface area contributed by atoms with E-state index in [9.17, 15) is 9.59 Å². The normalized spacial score (nSPS) is 16.0. The van der Waals surface area contributed by atoms with E-state index >= 15 is 0 Å². The van der Waals surface area contributed by atoms with Gasteiger partial charge in [-0.15, -0.1) is 0 Å². The van der Waals surface area contributed by atoms with Gasteiger partial charge in [-0.2, -0.15) is 0 Å². The van der Waals surface area contributed by atoms with Crippen molar-refractivity contribution in [2.75, 3.05) is 26.2 Å². The van der Waals surface area contributed by atoms with Gasteiger partial charge in [-0.3, -0.25) is 24.9 Å². The molecule has 0 bridgehead atoms. The second kappa shape index (κ2) is 34.2. The van der Waals surface area contributed by atoms with Gasteiger partial charge in [0.1, 0.15) is 23.8 Å². The number of unbranched alkanes of at least 4 members (excludes halogenated alkanes) is 22. The minimum atomic E-state index is -0.596. The third-order valence-electron chi connectivity index (χ3n) is 10.7. The number of hydrogen-bond donors (Lipinski definition) is 3. The monoisotopic (exact) mass is 738 g/mol. The minimum absolute atomic E-state index is 0.131. The van der Waals surface area contributed by atoms with E-state index in [1.807, 2.05) is 0 Å². The molecule has 7 heteroatoms. The Morgan fingerprint density at radius 1 is 0.509 bits per heavy atom. The number of amidine groups is 2. The van der Waals surface area contributed by atoms with Crippen LogP contribution in [-0.2, 0) is 9.59 Å². The first-order valence-electron chi connectivity index (χ1n) is 22.8. The Balaban J connectivity index is 1.72. The average molecular weight is 738 g/mol. The topological polar surface area (TPSA) is 95.0 Å². The lowest BCUT2D eigenvalue weighted by atomic mass is 9.98. The SMILES string of the molecule is CCCCCCCCC=CCCCCCCCC(=O)C(NC(C(=O)CCCCCCCC=CCCCCCCCC)C1=NCCCN1)C1=NCCCN1. The quantitative estimate of drug-likeness (QED) is 0.0439. The number of Topliss-reactive ketones (excluding diaryl/α,β-unsaturated/α-hetero) is 2. The zero-order valence-electron chi connectivity index (χ0n) is 34.7. The zero-order chi connectivity index (χ0) is 37.9. The molecule has 2 aliphatic heterocycles. The molecule has 0 aromatic carbocycles. The lowest BCUT2D eigenvalue weighted by Crippen LogP contribution is -2.60. The first-order chi connectivity index (χ1) is 26.2. The Morgan fingerprint density at radius 3 is 1.15 bits per heavy atom. The van der Waals surface area contributed by atoms with E-state index in [0.717, 1.165) is 77.3 Å². The summed E-state index contributed by atoms with van der Waals surface area (Å²) in [6, 6.07) is -1.19. The van der Waals surface area contributed by atoms with Crippen LogP contribution in [0.3, 0.4) is 0 Å². The van der Waals surface area contributed by atoms with E-state index in [-0.39, 0.29) is 11.6 Å². The molecule has 53 heavy (non-hydrogen) atoms. The fourth-order valence-corrected chi connectivity index (χ4v) is 7.33. The number of carbonyl (C=O) groups excluding carboxylic acids is 2.